The number of thiazole rings is 1. The predicted molar refractivity (Wildman–Crippen MR) is 68.6 cm³/mol. The summed E-state index contributed by atoms with van der Waals surface area (Å²) in [5.74, 6) is 0.809. The second-order valence-corrected chi connectivity index (χ2v) is 6.03. The Bertz CT molecular complexity index is 326. The summed E-state index contributed by atoms with van der Waals surface area (Å²) in [5.41, 5.74) is 1.23. The molecule has 2 rings (SSSR count). The molecule has 1 aromatic rings. The summed E-state index contributed by atoms with van der Waals surface area (Å²) < 4.78 is 0. The Kier molecular flexibility index (Phi) is 3.80. The maximum absolute atomic E-state index is 4.53. The standard InChI is InChI=1S/C11H17BrN2S/c1-8-3-4-14(11(8)5-12)6-10-7-15-9(2)13-10/h7-8,11H,3-6H2,1-2H3. The van der Waals surface area contributed by atoms with E-state index in [4.69, 9.17) is 0 Å². The van der Waals surface area contributed by atoms with Crippen LogP contribution in [0.4, 0.5) is 0 Å². The van der Waals surface area contributed by atoms with Gasteiger partial charge in [-0.1, -0.05) is 22.9 Å². The summed E-state index contributed by atoms with van der Waals surface area (Å²) in [6.07, 6.45) is 1.32. The van der Waals surface area contributed by atoms with Gasteiger partial charge in [0.1, 0.15) is 0 Å². The highest BCUT2D eigenvalue weighted by molar-refractivity contribution is 9.09. The van der Waals surface area contributed by atoms with Gasteiger partial charge in [-0.15, -0.1) is 11.3 Å². The smallest absolute Gasteiger partial charge is 0.0897 e. The molecule has 2 atom stereocenters. The highest BCUT2D eigenvalue weighted by atomic mass is 79.9. The zero-order valence-electron chi connectivity index (χ0n) is 9.24. The number of rotatable bonds is 3. The molecule has 15 heavy (non-hydrogen) atoms. The molecule has 2 unspecified atom stereocenters. The molecule has 84 valence electrons. The molecule has 0 aromatic carbocycles. The number of halogens is 1. The lowest BCUT2D eigenvalue weighted by molar-refractivity contribution is 0.242. The van der Waals surface area contributed by atoms with E-state index in [1.165, 1.54) is 23.7 Å². The van der Waals surface area contributed by atoms with E-state index >= 15 is 0 Å². The fourth-order valence-corrected chi connectivity index (χ4v) is 3.87. The van der Waals surface area contributed by atoms with Crippen molar-refractivity contribution in [1.82, 2.24) is 9.88 Å². The van der Waals surface area contributed by atoms with E-state index in [1.807, 2.05) is 0 Å². The molecule has 0 saturated carbocycles. The van der Waals surface area contributed by atoms with Crippen LogP contribution in [0.25, 0.3) is 0 Å². The van der Waals surface area contributed by atoms with E-state index in [1.54, 1.807) is 11.3 Å². The van der Waals surface area contributed by atoms with E-state index in [0.29, 0.717) is 6.04 Å². The van der Waals surface area contributed by atoms with Crippen LogP contribution in [-0.2, 0) is 6.54 Å². The lowest BCUT2D eigenvalue weighted by Crippen LogP contribution is -2.33. The lowest BCUT2D eigenvalue weighted by Gasteiger charge is -2.24. The third-order valence-electron chi connectivity index (χ3n) is 3.19. The van der Waals surface area contributed by atoms with Crippen molar-refractivity contribution < 1.29 is 0 Å². The van der Waals surface area contributed by atoms with Crippen molar-refractivity contribution in [2.45, 2.75) is 32.9 Å². The first-order chi connectivity index (χ1) is 7.20. The molecule has 1 saturated heterocycles. The Morgan fingerprint density at radius 3 is 3.07 bits per heavy atom. The molecular weight excluding hydrogens is 272 g/mol. The minimum atomic E-state index is 0.687. The Morgan fingerprint density at radius 1 is 1.67 bits per heavy atom. The minimum Gasteiger partial charge on any atom is -0.293 e. The maximum atomic E-state index is 4.53. The zero-order chi connectivity index (χ0) is 10.8. The van der Waals surface area contributed by atoms with E-state index in [0.717, 1.165) is 17.8 Å². The van der Waals surface area contributed by atoms with Crippen LogP contribution in [0, 0.1) is 12.8 Å². The predicted octanol–water partition coefficient (Wildman–Crippen LogP) is 3.06. The van der Waals surface area contributed by atoms with Gasteiger partial charge in [-0.25, -0.2) is 4.98 Å². The van der Waals surface area contributed by atoms with Gasteiger partial charge in [-0.2, -0.15) is 0 Å². The van der Waals surface area contributed by atoms with Crippen molar-refractivity contribution >= 4 is 27.3 Å². The molecule has 1 aromatic heterocycles. The summed E-state index contributed by atoms with van der Waals surface area (Å²) in [6, 6.07) is 0.687. The van der Waals surface area contributed by atoms with Crippen molar-refractivity contribution in [2.24, 2.45) is 5.92 Å². The summed E-state index contributed by atoms with van der Waals surface area (Å²) in [4.78, 5) is 7.08. The Hall–Kier alpha value is 0.0700. The number of aromatic nitrogens is 1. The molecule has 1 fully saturated rings. The van der Waals surface area contributed by atoms with Gasteiger partial charge in [-0.3, -0.25) is 4.90 Å². The number of aryl methyl sites for hydroxylation is 1. The Morgan fingerprint density at radius 2 is 2.47 bits per heavy atom. The Labute approximate surface area is 104 Å². The zero-order valence-corrected chi connectivity index (χ0v) is 11.6. The topological polar surface area (TPSA) is 16.1 Å². The first-order valence-electron chi connectivity index (χ1n) is 5.41. The fraction of sp³-hybridized carbons (Fsp3) is 0.727. The highest BCUT2D eigenvalue weighted by Crippen LogP contribution is 2.27. The molecule has 0 bridgehead atoms. The van der Waals surface area contributed by atoms with E-state index in [9.17, 15) is 0 Å². The molecule has 4 heteroatoms. The first-order valence-corrected chi connectivity index (χ1v) is 7.42. The second kappa shape index (κ2) is 4.93. The van der Waals surface area contributed by atoms with Crippen molar-refractivity contribution in [1.29, 1.82) is 0 Å². The lowest BCUT2D eigenvalue weighted by atomic mass is 10.1. The molecule has 0 spiro atoms. The van der Waals surface area contributed by atoms with Crippen molar-refractivity contribution in [3.05, 3.63) is 16.1 Å². The van der Waals surface area contributed by atoms with Crippen molar-refractivity contribution in [2.75, 3.05) is 11.9 Å². The molecule has 0 amide bonds. The summed E-state index contributed by atoms with van der Waals surface area (Å²) >= 11 is 5.36. The molecule has 0 N–H and O–H groups in total. The minimum absolute atomic E-state index is 0.687. The average Bonchev–Trinajstić information content (AvgIpc) is 2.75. The van der Waals surface area contributed by atoms with Gasteiger partial charge < -0.3 is 0 Å². The van der Waals surface area contributed by atoms with Gasteiger partial charge in [0, 0.05) is 23.3 Å². The normalized spacial score (nSPS) is 27.4. The number of alkyl halides is 1. The summed E-state index contributed by atoms with van der Waals surface area (Å²) in [6.45, 7) is 6.65. The molecule has 2 heterocycles. The van der Waals surface area contributed by atoms with Gasteiger partial charge >= 0.3 is 0 Å². The average molecular weight is 289 g/mol. The molecule has 2 nitrogen and oxygen atoms in total. The Balaban J connectivity index is 2.00. The van der Waals surface area contributed by atoms with Crippen molar-refractivity contribution in [3.63, 3.8) is 0 Å². The molecule has 0 radical (unpaired) electrons. The van der Waals surface area contributed by atoms with E-state index in [2.05, 4.69) is 45.0 Å². The molecule has 1 aliphatic rings. The van der Waals surface area contributed by atoms with Crippen LogP contribution in [0.15, 0.2) is 5.38 Å². The van der Waals surface area contributed by atoms with Crippen LogP contribution in [0.2, 0.25) is 0 Å². The SMILES string of the molecule is Cc1nc(CN2CCC(C)C2CBr)cs1. The summed E-state index contributed by atoms with van der Waals surface area (Å²) in [5, 5.41) is 4.44. The van der Waals surface area contributed by atoms with Gasteiger partial charge in [0.25, 0.3) is 0 Å². The van der Waals surface area contributed by atoms with E-state index in [-0.39, 0.29) is 0 Å². The summed E-state index contributed by atoms with van der Waals surface area (Å²) in [7, 11) is 0. The molecular formula is C11H17BrN2S. The fourth-order valence-electron chi connectivity index (χ4n) is 2.22. The monoisotopic (exact) mass is 288 g/mol. The molecule has 0 aliphatic carbocycles. The van der Waals surface area contributed by atoms with Crippen LogP contribution in [0.1, 0.15) is 24.0 Å². The quantitative estimate of drug-likeness (QED) is 0.795. The van der Waals surface area contributed by atoms with Crippen LogP contribution >= 0.6 is 27.3 Å². The number of likely N-dealkylation sites (tertiary alicyclic amines) is 1. The number of nitrogens with zero attached hydrogens (tertiary/aromatic N) is 2. The van der Waals surface area contributed by atoms with Crippen LogP contribution in [0.5, 0.6) is 0 Å². The maximum Gasteiger partial charge on any atom is 0.0897 e. The third-order valence-corrected chi connectivity index (χ3v) is 4.67. The highest BCUT2D eigenvalue weighted by Gasteiger charge is 2.30. The van der Waals surface area contributed by atoms with Crippen molar-refractivity contribution in [3.8, 4) is 0 Å². The van der Waals surface area contributed by atoms with Crippen LogP contribution in [0.3, 0.4) is 0 Å². The van der Waals surface area contributed by atoms with Crippen LogP contribution < -0.4 is 0 Å². The first kappa shape index (κ1) is 11.6. The molecule has 1 aliphatic heterocycles. The second-order valence-electron chi connectivity index (χ2n) is 4.32. The third kappa shape index (κ3) is 2.60. The van der Waals surface area contributed by atoms with Gasteiger partial charge in [-0.05, 0) is 25.8 Å². The largest absolute Gasteiger partial charge is 0.293 e. The number of hydrogen-bond acceptors (Lipinski definition) is 3. The van der Waals surface area contributed by atoms with Gasteiger partial charge in [0.15, 0.2) is 0 Å². The van der Waals surface area contributed by atoms with Gasteiger partial charge in [0.05, 0.1) is 10.7 Å². The van der Waals surface area contributed by atoms with E-state index < -0.39 is 0 Å². The number of hydrogen-bond donors (Lipinski definition) is 0. The van der Waals surface area contributed by atoms with Crippen LogP contribution in [-0.4, -0.2) is 27.8 Å². The van der Waals surface area contributed by atoms with Gasteiger partial charge in [0.2, 0.25) is 0 Å².